The molecule has 5 heteroatoms. The van der Waals surface area contributed by atoms with Gasteiger partial charge >= 0.3 is 6.03 Å². The molecule has 0 radical (unpaired) electrons. The average Bonchev–Trinajstić information content (AvgIpc) is 2.46. The van der Waals surface area contributed by atoms with Crippen molar-refractivity contribution in [2.24, 2.45) is 0 Å². The minimum atomic E-state index is -0.211. The predicted octanol–water partition coefficient (Wildman–Crippen LogP) is -0.818. The number of ether oxygens (including phenoxy) is 2. The summed E-state index contributed by atoms with van der Waals surface area (Å²) < 4.78 is 10.9. The lowest BCUT2D eigenvalue weighted by atomic mass is 9.98. The molecule has 3 fully saturated rings. The third-order valence-electron chi connectivity index (χ3n) is 2.65. The minimum Gasteiger partial charge on any atom is -0.348 e. The fourth-order valence-electron chi connectivity index (χ4n) is 2.06. The molecule has 12 heavy (non-hydrogen) atoms. The van der Waals surface area contributed by atoms with Gasteiger partial charge in [0.15, 0.2) is 6.29 Å². The van der Waals surface area contributed by atoms with Crippen molar-refractivity contribution in [3.63, 3.8) is 0 Å². The molecule has 0 aromatic heterocycles. The van der Waals surface area contributed by atoms with Crippen LogP contribution in [0.4, 0.5) is 4.79 Å². The number of urea groups is 1. The predicted molar refractivity (Wildman–Crippen MR) is 38.5 cm³/mol. The molecule has 2 amide bonds. The van der Waals surface area contributed by atoms with Crippen LogP contribution in [0.15, 0.2) is 0 Å². The number of hydrogen-bond acceptors (Lipinski definition) is 3. The van der Waals surface area contributed by atoms with Gasteiger partial charge in [-0.1, -0.05) is 0 Å². The van der Waals surface area contributed by atoms with Gasteiger partial charge in [0.2, 0.25) is 0 Å². The molecule has 4 atom stereocenters. The third kappa shape index (κ3) is 0.776. The van der Waals surface area contributed by atoms with Gasteiger partial charge in [0.05, 0.1) is 18.7 Å². The lowest BCUT2D eigenvalue weighted by molar-refractivity contribution is -0.113. The highest BCUT2D eigenvalue weighted by Crippen LogP contribution is 2.29. The Morgan fingerprint density at radius 3 is 3.08 bits per heavy atom. The van der Waals surface area contributed by atoms with Crippen molar-refractivity contribution in [1.82, 2.24) is 10.6 Å². The topological polar surface area (TPSA) is 59.6 Å². The second-order valence-electron chi connectivity index (χ2n) is 3.44. The quantitative estimate of drug-likeness (QED) is 0.499. The number of carbonyl (C=O) groups is 1. The number of amides is 2. The Labute approximate surface area is 69.4 Å². The highest BCUT2D eigenvalue weighted by Gasteiger charge is 2.47. The molecule has 3 saturated heterocycles. The van der Waals surface area contributed by atoms with Crippen LogP contribution >= 0.6 is 0 Å². The first-order valence-electron chi connectivity index (χ1n) is 4.17. The minimum absolute atomic E-state index is 0.0440. The summed E-state index contributed by atoms with van der Waals surface area (Å²) in [5.74, 6) is 0. The molecule has 66 valence electrons. The van der Waals surface area contributed by atoms with E-state index in [0.29, 0.717) is 6.61 Å². The maximum absolute atomic E-state index is 11.1. The number of rotatable bonds is 0. The number of nitrogens with one attached hydrogen (secondary N) is 2. The maximum atomic E-state index is 11.1. The molecule has 3 aliphatic rings. The Morgan fingerprint density at radius 2 is 2.17 bits per heavy atom. The average molecular weight is 170 g/mol. The molecule has 2 N–H and O–H groups in total. The molecule has 5 nitrogen and oxygen atoms in total. The number of fused-ring (bicyclic) bond motifs is 6. The van der Waals surface area contributed by atoms with E-state index in [1.54, 1.807) is 0 Å². The second kappa shape index (κ2) is 2.11. The first-order valence-corrected chi connectivity index (χ1v) is 4.17. The standard InChI is InChI=1S/C7H10N2O3/c10-7-8-3-1-4(9-7)6-11-2-5(3)12-6/h3-6H,1-2H2,(H2,8,9,10)/t3-,4+,5+,6-/m0/s1. The van der Waals surface area contributed by atoms with Crippen molar-refractivity contribution in [2.75, 3.05) is 6.61 Å². The summed E-state index contributed by atoms with van der Waals surface area (Å²) in [7, 11) is 0. The van der Waals surface area contributed by atoms with E-state index < -0.39 is 0 Å². The zero-order chi connectivity index (χ0) is 8.13. The molecular weight excluding hydrogens is 160 g/mol. The molecule has 0 aromatic carbocycles. The fourth-order valence-corrected chi connectivity index (χ4v) is 2.06. The maximum Gasteiger partial charge on any atom is 0.315 e. The van der Waals surface area contributed by atoms with Crippen LogP contribution in [0.1, 0.15) is 6.42 Å². The van der Waals surface area contributed by atoms with Crippen LogP contribution in [0, 0.1) is 0 Å². The molecule has 3 heterocycles. The molecule has 3 aliphatic heterocycles. The second-order valence-corrected chi connectivity index (χ2v) is 3.44. The van der Waals surface area contributed by atoms with Crippen molar-refractivity contribution in [2.45, 2.75) is 30.9 Å². The smallest absolute Gasteiger partial charge is 0.315 e. The molecular formula is C7H10N2O3. The monoisotopic (exact) mass is 170 g/mol. The van der Waals surface area contributed by atoms with Crippen molar-refractivity contribution < 1.29 is 14.3 Å². The summed E-state index contributed by atoms with van der Waals surface area (Å²) in [6.45, 7) is 0.605. The van der Waals surface area contributed by atoms with E-state index in [9.17, 15) is 4.79 Å². The third-order valence-corrected chi connectivity index (χ3v) is 2.65. The van der Waals surface area contributed by atoms with Crippen LogP contribution in [-0.2, 0) is 9.47 Å². The van der Waals surface area contributed by atoms with Gasteiger partial charge in [-0.2, -0.15) is 0 Å². The van der Waals surface area contributed by atoms with Crippen molar-refractivity contribution >= 4 is 6.03 Å². The summed E-state index contributed by atoms with van der Waals surface area (Å²) in [5.41, 5.74) is 0. The zero-order valence-electron chi connectivity index (χ0n) is 6.45. The largest absolute Gasteiger partial charge is 0.348 e. The van der Waals surface area contributed by atoms with Crippen LogP contribution < -0.4 is 10.6 Å². The van der Waals surface area contributed by atoms with E-state index in [-0.39, 0.29) is 30.5 Å². The van der Waals surface area contributed by atoms with Gasteiger partial charge in [-0.25, -0.2) is 4.79 Å². The summed E-state index contributed by atoms with van der Waals surface area (Å²) in [6, 6.07) is 0.0880. The number of carbonyl (C=O) groups excluding carboxylic acids is 1. The molecule has 0 aliphatic carbocycles. The molecule has 0 aromatic rings. The normalized spacial score (nSPS) is 49.8. The number of hydrogen-bond donors (Lipinski definition) is 2. The molecule has 3 rings (SSSR count). The zero-order valence-corrected chi connectivity index (χ0v) is 6.45. The highest BCUT2D eigenvalue weighted by atomic mass is 16.7. The van der Waals surface area contributed by atoms with Crippen LogP contribution in [0.3, 0.4) is 0 Å². The van der Waals surface area contributed by atoms with E-state index in [1.807, 2.05) is 0 Å². The van der Waals surface area contributed by atoms with Crippen LogP contribution in [-0.4, -0.2) is 37.1 Å². The highest BCUT2D eigenvalue weighted by molar-refractivity contribution is 5.75. The SMILES string of the molecule is O=C1N[C@H]2C[C@@H](N1)[C@H]1OC[C@H]2O1. The van der Waals surface area contributed by atoms with Crippen LogP contribution in [0.25, 0.3) is 0 Å². The molecule has 0 spiro atoms. The van der Waals surface area contributed by atoms with Gasteiger partial charge in [0.1, 0.15) is 6.10 Å². The van der Waals surface area contributed by atoms with E-state index in [0.717, 1.165) is 6.42 Å². The summed E-state index contributed by atoms with van der Waals surface area (Å²) in [5, 5.41) is 5.60. The van der Waals surface area contributed by atoms with Gasteiger partial charge < -0.3 is 20.1 Å². The summed E-state index contributed by atoms with van der Waals surface area (Å²) >= 11 is 0. The first kappa shape index (κ1) is 6.68. The van der Waals surface area contributed by atoms with Crippen molar-refractivity contribution in [3.8, 4) is 0 Å². The van der Waals surface area contributed by atoms with Gasteiger partial charge in [-0.15, -0.1) is 0 Å². The van der Waals surface area contributed by atoms with Gasteiger partial charge in [-0.3, -0.25) is 0 Å². The first-order chi connectivity index (χ1) is 5.83. The van der Waals surface area contributed by atoms with Crippen molar-refractivity contribution in [3.05, 3.63) is 0 Å². The Hall–Kier alpha value is -0.810. The molecule has 0 unspecified atom stereocenters. The summed E-state index contributed by atoms with van der Waals surface area (Å²) in [6.07, 6.45) is 0.774. The summed E-state index contributed by atoms with van der Waals surface area (Å²) in [4.78, 5) is 11.1. The fraction of sp³-hybridized carbons (Fsp3) is 0.857. The van der Waals surface area contributed by atoms with Crippen LogP contribution in [0.5, 0.6) is 0 Å². The van der Waals surface area contributed by atoms with Gasteiger partial charge in [0.25, 0.3) is 0 Å². The molecule has 4 bridgehead atoms. The Kier molecular flexibility index (Phi) is 1.18. The molecule has 0 saturated carbocycles. The van der Waals surface area contributed by atoms with Gasteiger partial charge in [-0.05, 0) is 6.42 Å². The lowest BCUT2D eigenvalue weighted by Gasteiger charge is -2.38. The van der Waals surface area contributed by atoms with E-state index in [4.69, 9.17) is 9.47 Å². The van der Waals surface area contributed by atoms with E-state index in [1.165, 1.54) is 0 Å². The Morgan fingerprint density at radius 1 is 1.33 bits per heavy atom. The van der Waals surface area contributed by atoms with Crippen LogP contribution in [0.2, 0.25) is 0 Å². The Balaban J connectivity index is 1.90. The lowest BCUT2D eigenvalue weighted by Crippen LogP contribution is -2.64. The van der Waals surface area contributed by atoms with E-state index >= 15 is 0 Å². The van der Waals surface area contributed by atoms with Crippen molar-refractivity contribution in [1.29, 1.82) is 0 Å². The Bertz CT molecular complexity index is 213. The van der Waals surface area contributed by atoms with Gasteiger partial charge in [0, 0.05) is 0 Å². The van der Waals surface area contributed by atoms with E-state index in [2.05, 4.69) is 10.6 Å².